The van der Waals surface area contributed by atoms with Crippen molar-refractivity contribution in [2.75, 3.05) is 29.9 Å². The molecule has 4 rings (SSSR count). The van der Waals surface area contributed by atoms with Crippen LogP contribution in [0.5, 0.6) is 0 Å². The van der Waals surface area contributed by atoms with Crippen molar-refractivity contribution < 1.29 is 19.5 Å². The number of hydrogen-bond acceptors (Lipinski definition) is 6. The van der Waals surface area contributed by atoms with Gasteiger partial charge >= 0.3 is 0 Å². The maximum absolute atomic E-state index is 13.8. The lowest BCUT2D eigenvalue weighted by Crippen LogP contribution is -2.53. The molecular weight excluding hydrogens is 554 g/mol. The maximum atomic E-state index is 13.8. The van der Waals surface area contributed by atoms with Crippen LogP contribution >= 0.6 is 0 Å². The van der Waals surface area contributed by atoms with E-state index in [9.17, 15) is 19.5 Å². The van der Waals surface area contributed by atoms with Crippen LogP contribution in [-0.2, 0) is 16.0 Å². The molecule has 0 aromatic heterocycles. The van der Waals surface area contributed by atoms with E-state index < -0.39 is 18.2 Å². The second-order valence-corrected chi connectivity index (χ2v) is 12.4. The minimum atomic E-state index is -0.945. The Labute approximate surface area is 262 Å². The van der Waals surface area contributed by atoms with Crippen LogP contribution in [0.15, 0.2) is 48.5 Å². The highest BCUT2D eigenvalue weighted by molar-refractivity contribution is 6.00. The molecule has 0 radical (unpaired) electrons. The van der Waals surface area contributed by atoms with Gasteiger partial charge in [0, 0.05) is 49.0 Å². The molecule has 3 amide bonds. The zero-order chi connectivity index (χ0) is 31.3. The number of aliphatic hydroxyl groups is 1. The Morgan fingerprint density at radius 3 is 2.50 bits per heavy atom. The Morgan fingerprint density at radius 1 is 1.02 bits per heavy atom. The molecule has 9 nitrogen and oxygen atoms in total. The summed E-state index contributed by atoms with van der Waals surface area (Å²) in [5.41, 5.74) is 2.91. The molecule has 1 aliphatic carbocycles. The molecule has 44 heavy (non-hydrogen) atoms. The highest BCUT2D eigenvalue weighted by Crippen LogP contribution is 2.27. The predicted molar refractivity (Wildman–Crippen MR) is 176 cm³/mol. The molecule has 0 unspecified atom stereocenters. The molecule has 2 fully saturated rings. The van der Waals surface area contributed by atoms with Gasteiger partial charge in [-0.05, 0) is 62.8 Å². The molecule has 9 heteroatoms. The first kappa shape index (κ1) is 33.5. The number of nitrogens with one attached hydrogen (secondary N) is 4. The first-order chi connectivity index (χ1) is 21.3. The van der Waals surface area contributed by atoms with Crippen LogP contribution in [0.3, 0.4) is 0 Å². The summed E-state index contributed by atoms with van der Waals surface area (Å²) in [6.07, 6.45) is 9.53. The van der Waals surface area contributed by atoms with E-state index >= 15 is 0 Å². The average molecular weight is 606 g/mol. The van der Waals surface area contributed by atoms with Crippen molar-refractivity contribution in [2.45, 2.75) is 109 Å². The van der Waals surface area contributed by atoms with Gasteiger partial charge in [-0.2, -0.15) is 0 Å². The van der Waals surface area contributed by atoms with Crippen LogP contribution in [-0.4, -0.2) is 66.7 Å². The molecule has 0 spiro atoms. The molecule has 1 heterocycles. The fourth-order valence-electron chi connectivity index (χ4n) is 6.04. The molecule has 3 atom stereocenters. The van der Waals surface area contributed by atoms with Gasteiger partial charge in [-0.3, -0.25) is 14.4 Å². The smallest absolute Gasteiger partial charge is 0.251 e. The highest BCUT2D eigenvalue weighted by atomic mass is 16.3. The first-order valence-corrected chi connectivity index (χ1v) is 16.6. The van der Waals surface area contributed by atoms with E-state index in [0.717, 1.165) is 69.2 Å². The van der Waals surface area contributed by atoms with Crippen LogP contribution in [0.2, 0.25) is 0 Å². The van der Waals surface area contributed by atoms with E-state index in [2.05, 4.69) is 28.2 Å². The van der Waals surface area contributed by atoms with E-state index in [1.807, 2.05) is 42.5 Å². The predicted octanol–water partition coefficient (Wildman–Crippen LogP) is 4.54. The molecule has 2 aromatic rings. The zero-order valence-corrected chi connectivity index (χ0v) is 26.4. The van der Waals surface area contributed by atoms with Crippen molar-refractivity contribution in [3.05, 3.63) is 59.7 Å². The first-order valence-electron chi connectivity index (χ1n) is 16.6. The topological polar surface area (TPSA) is 123 Å². The van der Waals surface area contributed by atoms with Gasteiger partial charge in [0.2, 0.25) is 11.8 Å². The van der Waals surface area contributed by atoms with Gasteiger partial charge in [-0.1, -0.05) is 69.4 Å². The van der Waals surface area contributed by atoms with Crippen LogP contribution in [0, 0.1) is 0 Å². The second-order valence-electron chi connectivity index (χ2n) is 12.4. The zero-order valence-electron chi connectivity index (χ0n) is 26.4. The van der Waals surface area contributed by atoms with Crippen molar-refractivity contribution in [2.24, 2.45) is 0 Å². The Bertz CT molecular complexity index is 1220. The summed E-state index contributed by atoms with van der Waals surface area (Å²) < 4.78 is 0. The summed E-state index contributed by atoms with van der Waals surface area (Å²) >= 11 is 0. The number of hydrogen-bond donors (Lipinski definition) is 5. The van der Waals surface area contributed by atoms with E-state index in [0.29, 0.717) is 30.6 Å². The number of rotatable bonds is 16. The Kier molecular flexibility index (Phi) is 13.1. The number of benzene rings is 2. The number of nitrogens with zero attached hydrogens (tertiary/aromatic N) is 1. The van der Waals surface area contributed by atoms with E-state index in [-0.39, 0.29) is 30.3 Å². The minimum absolute atomic E-state index is 0.0598. The monoisotopic (exact) mass is 605 g/mol. The summed E-state index contributed by atoms with van der Waals surface area (Å²) in [6.45, 7) is 5.51. The molecule has 0 bridgehead atoms. The Morgan fingerprint density at radius 2 is 1.80 bits per heavy atom. The van der Waals surface area contributed by atoms with Crippen LogP contribution < -0.4 is 26.2 Å². The van der Waals surface area contributed by atoms with Crippen LogP contribution in [0.1, 0.15) is 94.0 Å². The number of amides is 3. The second kappa shape index (κ2) is 17.2. The Balaban J connectivity index is 1.46. The molecule has 2 aromatic carbocycles. The number of carbonyl (C=O) groups is 3. The maximum Gasteiger partial charge on any atom is 0.251 e. The van der Waals surface area contributed by atoms with E-state index in [4.69, 9.17) is 0 Å². The third kappa shape index (κ3) is 10.1. The largest absolute Gasteiger partial charge is 0.390 e. The highest BCUT2D eigenvalue weighted by Gasteiger charge is 2.27. The third-order valence-corrected chi connectivity index (χ3v) is 8.73. The lowest BCUT2D eigenvalue weighted by Gasteiger charge is -2.28. The van der Waals surface area contributed by atoms with Crippen molar-refractivity contribution in [1.82, 2.24) is 16.0 Å². The van der Waals surface area contributed by atoms with Gasteiger partial charge in [0.15, 0.2) is 0 Å². The molecule has 5 N–H and O–H groups in total. The average Bonchev–Trinajstić information content (AvgIpc) is 3.48. The van der Waals surface area contributed by atoms with E-state index in [1.54, 1.807) is 17.9 Å². The molecule has 1 saturated carbocycles. The van der Waals surface area contributed by atoms with Gasteiger partial charge in [-0.15, -0.1) is 0 Å². The number of unbranched alkanes of at least 4 members (excludes halogenated alkanes) is 2. The van der Waals surface area contributed by atoms with Gasteiger partial charge in [0.05, 0.1) is 18.2 Å². The lowest BCUT2D eigenvalue weighted by atomic mass is 9.95. The fourth-order valence-corrected chi connectivity index (χ4v) is 6.04. The van der Waals surface area contributed by atoms with Gasteiger partial charge in [0.25, 0.3) is 5.91 Å². The van der Waals surface area contributed by atoms with Crippen LogP contribution in [0.4, 0.5) is 11.4 Å². The standard InChI is InChI=1S/C35H51N5O4/c1-3-4-11-18-36-29-21-27(22-30(23-29)40-19-12-17-33(40)42)35(44)39-31(20-26-13-7-5-8-14-26)32(41)24-37-25(2)34(43)38-28-15-9-6-10-16-28/h5,7-8,13-14,21-23,25,28,31-32,36-37,41H,3-4,6,9-12,15-20,24H2,1-2H3,(H,38,43)(H,39,44)/t25-,31-,32-/m0/s1. The van der Waals surface area contributed by atoms with Crippen molar-refractivity contribution in [3.63, 3.8) is 0 Å². The summed E-state index contributed by atoms with van der Waals surface area (Å²) in [5.74, 6) is -0.331. The van der Waals surface area contributed by atoms with Crippen LogP contribution in [0.25, 0.3) is 0 Å². The molecule has 1 aliphatic heterocycles. The quantitative estimate of drug-likeness (QED) is 0.179. The molecule has 2 aliphatic rings. The van der Waals surface area contributed by atoms with Gasteiger partial charge in [0.1, 0.15) is 0 Å². The van der Waals surface area contributed by atoms with Crippen molar-refractivity contribution in [3.8, 4) is 0 Å². The Hall–Kier alpha value is -3.43. The van der Waals surface area contributed by atoms with Crippen molar-refractivity contribution >= 4 is 29.1 Å². The van der Waals surface area contributed by atoms with E-state index in [1.165, 1.54) is 6.42 Å². The summed E-state index contributed by atoms with van der Waals surface area (Å²) in [6, 6.07) is 14.4. The summed E-state index contributed by atoms with van der Waals surface area (Å²) in [7, 11) is 0. The summed E-state index contributed by atoms with van der Waals surface area (Å²) in [4.78, 5) is 40.9. The SMILES string of the molecule is CCCCCNc1cc(C(=O)N[C@@H](Cc2ccccc2)[C@@H](O)CN[C@@H](C)C(=O)NC2CCCCC2)cc(N2CCCC2=O)c1. The third-order valence-electron chi connectivity index (χ3n) is 8.73. The fraction of sp³-hybridized carbons (Fsp3) is 0.571. The van der Waals surface area contributed by atoms with Gasteiger partial charge < -0.3 is 31.3 Å². The molecule has 1 saturated heterocycles. The van der Waals surface area contributed by atoms with Gasteiger partial charge in [-0.25, -0.2) is 0 Å². The number of carbonyl (C=O) groups excluding carboxylic acids is 3. The van der Waals surface area contributed by atoms with Crippen molar-refractivity contribution in [1.29, 1.82) is 0 Å². The minimum Gasteiger partial charge on any atom is -0.390 e. The number of anilines is 2. The number of aliphatic hydroxyl groups excluding tert-OH is 1. The normalized spacial score (nSPS) is 17.6. The molecule has 240 valence electrons. The lowest BCUT2D eigenvalue weighted by molar-refractivity contribution is -0.123. The molecular formula is C35H51N5O4. The summed E-state index contributed by atoms with van der Waals surface area (Å²) in [5, 5.41) is 24.1.